The average molecular weight is 258 g/mol. The first-order valence-corrected chi connectivity index (χ1v) is 6.33. The monoisotopic (exact) mass is 258 g/mol. The molecule has 2 aromatic rings. The Bertz CT molecular complexity index is 660. The summed E-state index contributed by atoms with van der Waals surface area (Å²) >= 11 is 0. The molecular weight excluding hydrogens is 240 g/mol. The lowest BCUT2D eigenvalue weighted by Crippen LogP contribution is -2.33. The molecule has 1 aromatic heterocycles. The number of aromatic amines is 2. The molecule has 0 saturated carbocycles. The summed E-state index contributed by atoms with van der Waals surface area (Å²) in [4.78, 5) is 16.7. The summed E-state index contributed by atoms with van der Waals surface area (Å²) in [6.45, 7) is 5.76. The first-order valence-electron chi connectivity index (χ1n) is 6.33. The van der Waals surface area contributed by atoms with Crippen LogP contribution in [0.5, 0.6) is 0 Å². The topological polar surface area (TPSA) is 84.5 Å². The molecule has 5 nitrogen and oxygen atoms in total. The Kier molecular flexibility index (Phi) is 3.72. The summed E-state index contributed by atoms with van der Waals surface area (Å²) < 4.78 is 0. The zero-order chi connectivity index (χ0) is 13.9. The second-order valence-corrected chi connectivity index (χ2v) is 5.31. The van der Waals surface area contributed by atoms with E-state index in [1.54, 1.807) is 0 Å². The normalized spacial score (nSPS) is 11.6. The van der Waals surface area contributed by atoms with Crippen LogP contribution in [0.25, 0.3) is 11.0 Å². The van der Waals surface area contributed by atoms with E-state index >= 15 is 0 Å². The van der Waals surface area contributed by atoms with Crippen LogP contribution in [0.3, 0.4) is 0 Å². The summed E-state index contributed by atoms with van der Waals surface area (Å²) in [7, 11) is 0. The van der Waals surface area contributed by atoms with Crippen LogP contribution >= 0.6 is 0 Å². The molecule has 0 fully saturated rings. The number of hydrogen-bond acceptors (Lipinski definition) is 3. The quantitative estimate of drug-likeness (QED) is 0.713. The number of nitrogens with zero attached hydrogens (tertiary/aromatic N) is 1. The molecule has 19 heavy (non-hydrogen) atoms. The van der Waals surface area contributed by atoms with Gasteiger partial charge >= 0.3 is 5.69 Å². The van der Waals surface area contributed by atoms with Gasteiger partial charge in [0.15, 0.2) is 0 Å². The van der Waals surface area contributed by atoms with Gasteiger partial charge in [-0.05, 0) is 17.7 Å². The number of aromatic nitrogens is 2. The highest BCUT2D eigenvalue weighted by molar-refractivity contribution is 5.75. The summed E-state index contributed by atoms with van der Waals surface area (Å²) in [5, 5.41) is 11.8. The van der Waals surface area contributed by atoms with Gasteiger partial charge in [-0.1, -0.05) is 19.9 Å². The number of fused-ring (bicyclic) bond motifs is 1. The van der Waals surface area contributed by atoms with Gasteiger partial charge in [0, 0.05) is 24.9 Å². The number of hydrogen-bond donors (Lipinski definition) is 3. The minimum Gasteiger partial charge on any atom is -0.315 e. The average Bonchev–Trinajstić information content (AvgIpc) is 2.73. The van der Waals surface area contributed by atoms with E-state index in [0.717, 1.165) is 23.1 Å². The number of imidazole rings is 1. The van der Waals surface area contributed by atoms with Gasteiger partial charge in [-0.15, -0.1) is 0 Å². The van der Waals surface area contributed by atoms with Crippen LogP contribution in [0.2, 0.25) is 0 Å². The molecule has 0 atom stereocenters. The van der Waals surface area contributed by atoms with Gasteiger partial charge in [0.05, 0.1) is 17.1 Å². The van der Waals surface area contributed by atoms with Crippen molar-refractivity contribution in [1.29, 1.82) is 5.26 Å². The van der Waals surface area contributed by atoms with E-state index in [2.05, 4.69) is 35.2 Å². The van der Waals surface area contributed by atoms with Crippen LogP contribution in [-0.2, 0) is 5.41 Å². The molecular formula is C14H18N4O. The van der Waals surface area contributed by atoms with E-state index in [1.165, 1.54) is 0 Å². The fraction of sp³-hybridized carbons (Fsp3) is 0.429. The van der Waals surface area contributed by atoms with Crippen molar-refractivity contribution in [2.45, 2.75) is 25.7 Å². The molecule has 0 aliphatic carbocycles. The van der Waals surface area contributed by atoms with Crippen molar-refractivity contribution in [2.75, 3.05) is 13.1 Å². The molecule has 1 heterocycles. The second kappa shape index (κ2) is 5.29. The molecule has 2 rings (SSSR count). The Labute approximate surface area is 111 Å². The third-order valence-electron chi connectivity index (χ3n) is 3.28. The number of rotatable bonds is 5. The molecule has 5 heteroatoms. The van der Waals surface area contributed by atoms with Crippen molar-refractivity contribution in [3.63, 3.8) is 0 Å². The Hall–Kier alpha value is -2.06. The smallest absolute Gasteiger partial charge is 0.315 e. The molecule has 0 saturated heterocycles. The fourth-order valence-electron chi connectivity index (χ4n) is 2.10. The maximum Gasteiger partial charge on any atom is 0.323 e. The minimum absolute atomic E-state index is 0.0577. The van der Waals surface area contributed by atoms with E-state index in [4.69, 9.17) is 5.26 Å². The lowest BCUT2D eigenvalue weighted by Gasteiger charge is -2.25. The highest BCUT2D eigenvalue weighted by atomic mass is 16.1. The van der Waals surface area contributed by atoms with Gasteiger partial charge in [-0.25, -0.2) is 4.79 Å². The Morgan fingerprint density at radius 3 is 2.79 bits per heavy atom. The lowest BCUT2D eigenvalue weighted by atomic mass is 9.84. The summed E-state index contributed by atoms with van der Waals surface area (Å²) in [5.74, 6) is 0. The molecule has 3 N–H and O–H groups in total. The Morgan fingerprint density at radius 1 is 1.32 bits per heavy atom. The molecule has 0 amide bonds. The van der Waals surface area contributed by atoms with Gasteiger partial charge < -0.3 is 15.3 Å². The van der Waals surface area contributed by atoms with Crippen molar-refractivity contribution in [2.24, 2.45) is 0 Å². The van der Waals surface area contributed by atoms with Crippen LogP contribution in [0.4, 0.5) is 0 Å². The Balaban J connectivity index is 2.17. The molecule has 0 radical (unpaired) electrons. The summed E-state index contributed by atoms with van der Waals surface area (Å²) in [6.07, 6.45) is 0.514. The van der Waals surface area contributed by atoms with E-state index in [9.17, 15) is 4.79 Å². The van der Waals surface area contributed by atoms with Crippen LogP contribution < -0.4 is 11.0 Å². The highest BCUT2D eigenvalue weighted by Gasteiger charge is 2.20. The number of benzene rings is 1. The number of nitrogens with one attached hydrogen (secondary N) is 3. The summed E-state index contributed by atoms with van der Waals surface area (Å²) in [6, 6.07) is 8.06. The lowest BCUT2D eigenvalue weighted by molar-refractivity contribution is 0.473. The molecule has 0 aliphatic rings. The molecule has 0 bridgehead atoms. The molecule has 1 aromatic carbocycles. The maximum atomic E-state index is 11.2. The zero-order valence-corrected chi connectivity index (χ0v) is 11.2. The van der Waals surface area contributed by atoms with Crippen molar-refractivity contribution >= 4 is 11.0 Å². The number of nitriles is 1. The van der Waals surface area contributed by atoms with Crippen LogP contribution in [0.1, 0.15) is 25.8 Å². The van der Waals surface area contributed by atoms with Gasteiger partial charge in [0.1, 0.15) is 0 Å². The van der Waals surface area contributed by atoms with Crippen molar-refractivity contribution in [1.82, 2.24) is 15.3 Å². The molecule has 0 aliphatic heterocycles. The van der Waals surface area contributed by atoms with Crippen LogP contribution in [0, 0.1) is 11.3 Å². The van der Waals surface area contributed by atoms with Crippen LogP contribution in [0.15, 0.2) is 23.0 Å². The van der Waals surface area contributed by atoms with E-state index < -0.39 is 0 Å². The second-order valence-electron chi connectivity index (χ2n) is 5.31. The van der Waals surface area contributed by atoms with Gasteiger partial charge in [0.2, 0.25) is 0 Å². The van der Waals surface area contributed by atoms with Crippen molar-refractivity contribution < 1.29 is 0 Å². The predicted molar refractivity (Wildman–Crippen MR) is 75.0 cm³/mol. The molecule has 0 spiro atoms. The standard InChI is InChI=1S/C14H18N4O/c1-14(2,9-16-7-3-6-15)10-4-5-11-12(8-10)18-13(19)17-11/h4-5,8,16H,3,7,9H2,1-2H3,(H2,17,18,19). The first-order chi connectivity index (χ1) is 9.03. The predicted octanol–water partition coefficient (Wildman–Crippen LogP) is 1.64. The SMILES string of the molecule is CC(C)(CNCCC#N)c1ccc2[nH]c(=O)[nH]c2c1. The van der Waals surface area contributed by atoms with Gasteiger partial charge in [-0.3, -0.25) is 0 Å². The molecule has 0 unspecified atom stereocenters. The van der Waals surface area contributed by atoms with Gasteiger partial charge in [0.25, 0.3) is 0 Å². The third-order valence-corrected chi connectivity index (χ3v) is 3.28. The third kappa shape index (κ3) is 3.04. The summed E-state index contributed by atoms with van der Waals surface area (Å²) in [5.41, 5.74) is 2.56. The van der Waals surface area contributed by atoms with Crippen molar-refractivity contribution in [3.05, 3.63) is 34.2 Å². The van der Waals surface area contributed by atoms with E-state index in [0.29, 0.717) is 13.0 Å². The highest BCUT2D eigenvalue weighted by Crippen LogP contribution is 2.24. The van der Waals surface area contributed by atoms with E-state index in [-0.39, 0.29) is 11.1 Å². The number of H-pyrrole nitrogens is 2. The Morgan fingerprint density at radius 2 is 2.05 bits per heavy atom. The fourth-order valence-corrected chi connectivity index (χ4v) is 2.10. The largest absolute Gasteiger partial charge is 0.323 e. The molecule has 100 valence electrons. The first kappa shape index (κ1) is 13.4. The van der Waals surface area contributed by atoms with Crippen LogP contribution in [-0.4, -0.2) is 23.1 Å². The van der Waals surface area contributed by atoms with E-state index in [1.807, 2.05) is 18.2 Å². The van der Waals surface area contributed by atoms with Gasteiger partial charge in [-0.2, -0.15) is 5.26 Å². The minimum atomic E-state index is -0.183. The zero-order valence-electron chi connectivity index (χ0n) is 11.2. The van der Waals surface area contributed by atoms with Crippen molar-refractivity contribution in [3.8, 4) is 6.07 Å². The maximum absolute atomic E-state index is 11.2.